The number of rotatable bonds is 8. The van der Waals surface area contributed by atoms with Gasteiger partial charge >= 0.3 is 0 Å². The molecule has 0 saturated heterocycles. The molecule has 0 atom stereocenters. The molecule has 0 aliphatic heterocycles. The molecule has 1 heterocycles. The Kier molecular flexibility index (Phi) is 5.67. The van der Waals surface area contributed by atoms with Gasteiger partial charge in [-0.1, -0.05) is 30.3 Å². The van der Waals surface area contributed by atoms with Crippen LogP contribution in [0.5, 0.6) is 0 Å². The molecule has 0 unspecified atom stereocenters. The van der Waals surface area contributed by atoms with E-state index in [9.17, 15) is 0 Å². The van der Waals surface area contributed by atoms with Gasteiger partial charge in [-0.15, -0.1) is 0 Å². The average Bonchev–Trinajstić information content (AvgIpc) is 2.85. The Morgan fingerprint density at radius 2 is 1.80 bits per heavy atom. The van der Waals surface area contributed by atoms with Crippen LogP contribution in [0.2, 0.25) is 0 Å². The van der Waals surface area contributed by atoms with Gasteiger partial charge in [0.25, 0.3) is 0 Å². The van der Waals surface area contributed by atoms with E-state index in [1.54, 1.807) is 4.80 Å². The van der Waals surface area contributed by atoms with Crippen molar-refractivity contribution in [1.82, 2.24) is 25.6 Å². The molecule has 3 N–H and O–H groups in total. The molecule has 108 valence electrons. The lowest BCUT2D eigenvalue weighted by Gasteiger charge is -2.05. The van der Waals surface area contributed by atoms with Crippen molar-refractivity contribution in [1.29, 1.82) is 0 Å². The summed E-state index contributed by atoms with van der Waals surface area (Å²) >= 11 is 0. The van der Waals surface area contributed by atoms with Gasteiger partial charge in [-0.05, 0) is 0 Å². The first kappa shape index (κ1) is 14.6. The SMILES string of the molecule is Cn1nc(CNCCNCCO)c(-c2ccccc2)n1. The van der Waals surface area contributed by atoms with Crippen molar-refractivity contribution in [3.8, 4) is 11.3 Å². The van der Waals surface area contributed by atoms with E-state index >= 15 is 0 Å². The Labute approximate surface area is 118 Å². The van der Waals surface area contributed by atoms with Crippen LogP contribution in [-0.2, 0) is 13.6 Å². The molecule has 1 aromatic heterocycles. The third-order valence-corrected chi connectivity index (χ3v) is 2.89. The monoisotopic (exact) mass is 275 g/mol. The molecule has 20 heavy (non-hydrogen) atoms. The normalized spacial score (nSPS) is 10.9. The summed E-state index contributed by atoms with van der Waals surface area (Å²) < 4.78 is 0. The number of aryl methyl sites for hydroxylation is 1. The second kappa shape index (κ2) is 7.74. The van der Waals surface area contributed by atoms with Crippen LogP contribution >= 0.6 is 0 Å². The van der Waals surface area contributed by atoms with E-state index in [0.717, 1.165) is 30.0 Å². The fourth-order valence-electron chi connectivity index (χ4n) is 1.97. The summed E-state index contributed by atoms with van der Waals surface area (Å²) in [4.78, 5) is 1.60. The first-order valence-electron chi connectivity index (χ1n) is 6.79. The van der Waals surface area contributed by atoms with Crippen LogP contribution in [0, 0.1) is 0 Å². The minimum atomic E-state index is 0.169. The Morgan fingerprint density at radius 3 is 2.55 bits per heavy atom. The highest BCUT2D eigenvalue weighted by molar-refractivity contribution is 5.60. The standard InChI is InChI=1S/C14H21N5O/c1-19-17-13(11-16-8-7-15-9-10-20)14(18-19)12-5-3-2-4-6-12/h2-6,15-16,20H,7-11H2,1H3. The lowest BCUT2D eigenvalue weighted by Crippen LogP contribution is -2.29. The van der Waals surface area contributed by atoms with Crippen LogP contribution < -0.4 is 10.6 Å². The number of aromatic nitrogens is 3. The van der Waals surface area contributed by atoms with Gasteiger partial charge in [0.15, 0.2) is 0 Å². The van der Waals surface area contributed by atoms with Crippen molar-refractivity contribution >= 4 is 0 Å². The summed E-state index contributed by atoms with van der Waals surface area (Å²) in [5.41, 5.74) is 2.94. The molecule has 0 amide bonds. The maximum Gasteiger partial charge on any atom is 0.117 e. The van der Waals surface area contributed by atoms with E-state index in [-0.39, 0.29) is 6.61 Å². The third kappa shape index (κ3) is 4.12. The molecule has 1 aromatic carbocycles. The van der Waals surface area contributed by atoms with Crippen LogP contribution in [0.1, 0.15) is 5.69 Å². The summed E-state index contributed by atoms with van der Waals surface area (Å²) in [6, 6.07) is 10.1. The molecule has 0 radical (unpaired) electrons. The summed E-state index contributed by atoms with van der Waals surface area (Å²) in [5.74, 6) is 0. The number of aliphatic hydroxyl groups excluding tert-OH is 1. The van der Waals surface area contributed by atoms with Crippen molar-refractivity contribution < 1.29 is 5.11 Å². The second-order valence-electron chi connectivity index (χ2n) is 4.50. The molecule has 6 nitrogen and oxygen atoms in total. The van der Waals surface area contributed by atoms with E-state index in [4.69, 9.17) is 5.11 Å². The number of benzene rings is 1. The Hall–Kier alpha value is -1.76. The van der Waals surface area contributed by atoms with Gasteiger partial charge in [-0.2, -0.15) is 15.0 Å². The van der Waals surface area contributed by atoms with Gasteiger partial charge < -0.3 is 15.7 Å². The molecule has 0 fully saturated rings. The highest BCUT2D eigenvalue weighted by Gasteiger charge is 2.10. The quantitative estimate of drug-likeness (QED) is 0.598. The van der Waals surface area contributed by atoms with Crippen LogP contribution in [0.3, 0.4) is 0 Å². The molecule has 2 rings (SSSR count). The smallest absolute Gasteiger partial charge is 0.117 e. The Morgan fingerprint density at radius 1 is 1.05 bits per heavy atom. The van der Waals surface area contributed by atoms with Gasteiger partial charge in [-0.3, -0.25) is 0 Å². The molecular formula is C14H21N5O. The van der Waals surface area contributed by atoms with Crippen LogP contribution in [0.4, 0.5) is 0 Å². The Balaban J connectivity index is 1.92. The lowest BCUT2D eigenvalue weighted by molar-refractivity contribution is 0.292. The first-order valence-corrected chi connectivity index (χ1v) is 6.79. The van der Waals surface area contributed by atoms with Crippen LogP contribution in [0.15, 0.2) is 30.3 Å². The van der Waals surface area contributed by atoms with Crippen molar-refractivity contribution in [2.24, 2.45) is 7.05 Å². The Bertz CT molecular complexity index is 512. The number of nitrogens with zero attached hydrogens (tertiary/aromatic N) is 3. The van der Waals surface area contributed by atoms with Crippen molar-refractivity contribution in [3.63, 3.8) is 0 Å². The van der Waals surface area contributed by atoms with Gasteiger partial charge in [0.05, 0.1) is 6.61 Å². The van der Waals surface area contributed by atoms with Crippen LogP contribution in [-0.4, -0.2) is 46.3 Å². The molecule has 0 saturated carbocycles. The van der Waals surface area contributed by atoms with E-state index < -0.39 is 0 Å². The zero-order valence-electron chi connectivity index (χ0n) is 11.7. The van der Waals surface area contributed by atoms with Gasteiger partial charge in [0.2, 0.25) is 0 Å². The highest BCUT2D eigenvalue weighted by atomic mass is 16.3. The van der Waals surface area contributed by atoms with E-state index in [2.05, 4.69) is 20.8 Å². The van der Waals surface area contributed by atoms with E-state index in [1.165, 1.54) is 0 Å². The van der Waals surface area contributed by atoms with Crippen molar-refractivity contribution in [2.45, 2.75) is 6.54 Å². The fourth-order valence-corrected chi connectivity index (χ4v) is 1.97. The summed E-state index contributed by atoms with van der Waals surface area (Å²) in [6.45, 7) is 3.12. The van der Waals surface area contributed by atoms with Crippen molar-refractivity contribution in [2.75, 3.05) is 26.2 Å². The predicted octanol–water partition coefficient (Wildman–Crippen LogP) is 0.154. The van der Waals surface area contributed by atoms with Gasteiger partial charge in [0, 0.05) is 38.8 Å². The highest BCUT2D eigenvalue weighted by Crippen LogP contribution is 2.19. The topological polar surface area (TPSA) is 75.0 Å². The molecule has 0 aliphatic rings. The zero-order valence-corrected chi connectivity index (χ0v) is 11.7. The fraction of sp³-hybridized carbons (Fsp3) is 0.429. The number of aliphatic hydroxyl groups is 1. The maximum absolute atomic E-state index is 8.66. The number of hydrogen-bond donors (Lipinski definition) is 3. The minimum Gasteiger partial charge on any atom is -0.395 e. The summed E-state index contributed by atoms with van der Waals surface area (Å²) in [7, 11) is 1.83. The van der Waals surface area contributed by atoms with Crippen molar-refractivity contribution in [3.05, 3.63) is 36.0 Å². The zero-order chi connectivity index (χ0) is 14.2. The molecule has 6 heteroatoms. The lowest BCUT2D eigenvalue weighted by atomic mass is 10.1. The second-order valence-corrected chi connectivity index (χ2v) is 4.50. The van der Waals surface area contributed by atoms with E-state index in [1.807, 2.05) is 37.4 Å². The van der Waals surface area contributed by atoms with E-state index in [0.29, 0.717) is 13.1 Å². The van der Waals surface area contributed by atoms with Gasteiger partial charge in [-0.25, -0.2) is 0 Å². The average molecular weight is 275 g/mol. The predicted molar refractivity (Wildman–Crippen MR) is 78.1 cm³/mol. The molecule has 0 aliphatic carbocycles. The van der Waals surface area contributed by atoms with Crippen LogP contribution in [0.25, 0.3) is 11.3 Å². The molecule has 2 aromatic rings. The summed E-state index contributed by atoms with van der Waals surface area (Å²) in [6.07, 6.45) is 0. The third-order valence-electron chi connectivity index (χ3n) is 2.89. The molecule has 0 bridgehead atoms. The number of hydrogen-bond acceptors (Lipinski definition) is 5. The maximum atomic E-state index is 8.66. The number of nitrogens with one attached hydrogen (secondary N) is 2. The molecule has 0 spiro atoms. The minimum absolute atomic E-state index is 0.169. The molecular weight excluding hydrogens is 254 g/mol. The largest absolute Gasteiger partial charge is 0.395 e. The van der Waals surface area contributed by atoms with Gasteiger partial charge in [0.1, 0.15) is 11.4 Å². The summed E-state index contributed by atoms with van der Waals surface area (Å²) in [5, 5.41) is 23.9. The first-order chi connectivity index (χ1) is 9.81.